The quantitative estimate of drug-likeness (QED) is 0.770. The van der Waals surface area contributed by atoms with Gasteiger partial charge in [0.15, 0.2) is 0 Å². The van der Waals surface area contributed by atoms with E-state index in [0.29, 0.717) is 31.9 Å². The lowest BCUT2D eigenvalue weighted by Crippen LogP contribution is -2.37. The monoisotopic (exact) mass is 361 g/mol. The molecule has 0 amide bonds. The van der Waals surface area contributed by atoms with E-state index in [4.69, 9.17) is 4.74 Å². The van der Waals surface area contributed by atoms with Gasteiger partial charge >= 0.3 is 0 Å². The lowest BCUT2D eigenvalue weighted by Gasteiger charge is -2.31. The van der Waals surface area contributed by atoms with Gasteiger partial charge in [0.25, 0.3) is 0 Å². The van der Waals surface area contributed by atoms with Crippen molar-refractivity contribution in [3.8, 4) is 5.75 Å². The Balaban J connectivity index is 1.56. The van der Waals surface area contributed by atoms with Crippen LogP contribution < -0.4 is 4.31 Å². The van der Waals surface area contributed by atoms with E-state index in [9.17, 15) is 13.5 Å². The molecule has 6 heteroatoms. The van der Waals surface area contributed by atoms with Crippen LogP contribution in [-0.2, 0) is 27.8 Å². The first-order valence-electron chi connectivity index (χ1n) is 8.51. The molecule has 1 heterocycles. The van der Waals surface area contributed by atoms with Crippen LogP contribution in [0.4, 0.5) is 5.69 Å². The highest BCUT2D eigenvalue weighted by atomic mass is 32.2. The molecular formula is C19H23NO4S. The van der Waals surface area contributed by atoms with Crippen LogP contribution in [0.1, 0.15) is 24.0 Å². The molecule has 0 spiro atoms. The van der Waals surface area contributed by atoms with Gasteiger partial charge in [0.2, 0.25) is 10.0 Å². The molecule has 2 aromatic rings. The fourth-order valence-corrected chi connectivity index (χ4v) is 4.69. The minimum atomic E-state index is -3.47. The molecule has 0 aromatic heterocycles. The number of aryl methyl sites for hydroxylation is 1. The normalized spacial score (nSPS) is 14.3. The Kier molecular flexibility index (Phi) is 5.60. The van der Waals surface area contributed by atoms with Gasteiger partial charge in [-0.2, -0.15) is 0 Å². The first kappa shape index (κ1) is 17.8. The molecule has 0 bridgehead atoms. The third kappa shape index (κ3) is 4.32. The van der Waals surface area contributed by atoms with E-state index in [1.165, 1.54) is 10.4 Å². The minimum Gasteiger partial charge on any atom is -0.506 e. The van der Waals surface area contributed by atoms with Crippen LogP contribution in [0, 0.1) is 0 Å². The van der Waals surface area contributed by atoms with Crippen LogP contribution in [0.5, 0.6) is 5.75 Å². The van der Waals surface area contributed by atoms with Crippen LogP contribution >= 0.6 is 0 Å². The van der Waals surface area contributed by atoms with Gasteiger partial charge in [0.1, 0.15) is 5.75 Å². The molecule has 0 saturated carbocycles. The van der Waals surface area contributed by atoms with E-state index in [2.05, 4.69) is 0 Å². The maximum atomic E-state index is 12.7. The average Bonchev–Trinajstić information content (AvgIpc) is 2.62. The lowest BCUT2D eigenvalue weighted by molar-refractivity contribution is 0.122. The third-order valence-electron chi connectivity index (χ3n) is 4.29. The molecule has 1 N–H and O–H groups in total. The highest BCUT2D eigenvalue weighted by Gasteiger charge is 2.29. The maximum Gasteiger partial charge on any atom is 0.235 e. The Labute approximate surface area is 148 Å². The SMILES string of the molecule is O=S(=O)(CCCOCc1ccccc1)N1CCCc2cccc(O)c21. The number of fused-ring (bicyclic) bond motifs is 1. The van der Waals surface area contributed by atoms with Crippen LogP contribution in [0.15, 0.2) is 48.5 Å². The van der Waals surface area contributed by atoms with Gasteiger partial charge in [0, 0.05) is 13.2 Å². The van der Waals surface area contributed by atoms with Crippen molar-refractivity contribution in [1.29, 1.82) is 0 Å². The second-order valence-corrected chi connectivity index (χ2v) is 8.18. The standard InChI is InChI=1S/C19H23NO4S/c21-18-11-4-9-17-10-5-12-20(19(17)18)25(22,23)14-6-13-24-15-16-7-2-1-3-8-16/h1-4,7-9,11,21H,5-6,10,12-15H2. The largest absolute Gasteiger partial charge is 0.506 e. The predicted molar refractivity (Wildman–Crippen MR) is 98.3 cm³/mol. The van der Waals surface area contributed by atoms with E-state index in [-0.39, 0.29) is 11.5 Å². The smallest absolute Gasteiger partial charge is 0.235 e. The minimum absolute atomic E-state index is 0.00949. The fourth-order valence-electron chi connectivity index (χ4n) is 3.09. The number of hydrogen-bond donors (Lipinski definition) is 1. The molecule has 1 aliphatic rings. The Morgan fingerprint density at radius 3 is 2.68 bits per heavy atom. The number of aromatic hydroxyl groups is 1. The van der Waals surface area contributed by atoms with Crippen molar-refractivity contribution < 1.29 is 18.3 Å². The summed E-state index contributed by atoms with van der Waals surface area (Å²) in [7, 11) is -3.47. The van der Waals surface area contributed by atoms with Gasteiger partial charge < -0.3 is 9.84 Å². The molecule has 0 fully saturated rings. The van der Waals surface area contributed by atoms with Crippen molar-refractivity contribution in [3.05, 3.63) is 59.7 Å². The van der Waals surface area contributed by atoms with E-state index >= 15 is 0 Å². The summed E-state index contributed by atoms with van der Waals surface area (Å²) in [6.07, 6.45) is 1.98. The first-order valence-corrected chi connectivity index (χ1v) is 10.1. The molecule has 3 rings (SSSR count). The molecular weight excluding hydrogens is 338 g/mol. The predicted octanol–water partition coefficient (Wildman–Crippen LogP) is 3.08. The molecule has 25 heavy (non-hydrogen) atoms. The Hall–Kier alpha value is -2.05. The first-order chi connectivity index (χ1) is 12.1. The molecule has 134 valence electrons. The molecule has 0 unspecified atom stereocenters. The van der Waals surface area contributed by atoms with Crippen LogP contribution in [0.3, 0.4) is 0 Å². The Morgan fingerprint density at radius 2 is 1.88 bits per heavy atom. The number of phenolic OH excluding ortho intramolecular Hbond substituents is 1. The summed E-state index contributed by atoms with van der Waals surface area (Å²) in [5, 5.41) is 10.1. The average molecular weight is 361 g/mol. The molecule has 0 saturated heterocycles. The summed E-state index contributed by atoms with van der Waals surface area (Å²) in [5.41, 5.74) is 2.40. The van der Waals surface area contributed by atoms with E-state index in [1.807, 2.05) is 36.4 Å². The zero-order chi connectivity index (χ0) is 17.7. The summed E-state index contributed by atoms with van der Waals surface area (Å²) in [6.45, 7) is 1.28. The van der Waals surface area contributed by atoms with Gasteiger partial charge in [-0.3, -0.25) is 4.31 Å². The summed E-state index contributed by atoms with van der Waals surface area (Å²) in [5.74, 6) is 0.0383. The highest BCUT2D eigenvalue weighted by Crippen LogP contribution is 2.37. The van der Waals surface area contributed by atoms with Crippen LogP contribution in [-0.4, -0.2) is 32.4 Å². The Morgan fingerprint density at radius 1 is 1.08 bits per heavy atom. The number of phenols is 1. The van der Waals surface area contributed by atoms with E-state index in [0.717, 1.165) is 24.0 Å². The number of anilines is 1. The van der Waals surface area contributed by atoms with Crippen molar-refractivity contribution in [2.75, 3.05) is 23.2 Å². The second-order valence-electron chi connectivity index (χ2n) is 6.17. The zero-order valence-electron chi connectivity index (χ0n) is 14.1. The molecule has 0 aliphatic carbocycles. The maximum absolute atomic E-state index is 12.7. The van der Waals surface area contributed by atoms with E-state index in [1.54, 1.807) is 6.07 Å². The van der Waals surface area contributed by atoms with Crippen molar-refractivity contribution in [3.63, 3.8) is 0 Å². The fraction of sp³-hybridized carbons (Fsp3) is 0.368. The van der Waals surface area contributed by atoms with Crippen molar-refractivity contribution in [2.45, 2.75) is 25.9 Å². The third-order valence-corrected chi connectivity index (χ3v) is 6.13. The summed E-state index contributed by atoms with van der Waals surface area (Å²) in [6, 6.07) is 15.0. The van der Waals surface area contributed by atoms with Gasteiger partial charge in [-0.25, -0.2) is 8.42 Å². The van der Waals surface area contributed by atoms with Crippen LogP contribution in [0.25, 0.3) is 0 Å². The number of sulfonamides is 1. The Bertz CT molecular complexity index is 805. The number of nitrogens with zero attached hydrogens (tertiary/aromatic N) is 1. The van der Waals surface area contributed by atoms with Gasteiger partial charge in [-0.15, -0.1) is 0 Å². The van der Waals surface area contributed by atoms with Gasteiger partial charge in [-0.05, 0) is 36.5 Å². The number of para-hydroxylation sites is 1. The number of hydrogen-bond acceptors (Lipinski definition) is 4. The second kappa shape index (κ2) is 7.89. The highest BCUT2D eigenvalue weighted by molar-refractivity contribution is 7.92. The molecule has 0 atom stereocenters. The van der Waals surface area contributed by atoms with Crippen molar-refractivity contribution in [1.82, 2.24) is 0 Å². The van der Waals surface area contributed by atoms with E-state index < -0.39 is 10.0 Å². The number of rotatable bonds is 7. The molecule has 0 radical (unpaired) electrons. The van der Waals surface area contributed by atoms with Gasteiger partial charge in [-0.1, -0.05) is 42.5 Å². The van der Waals surface area contributed by atoms with Gasteiger partial charge in [0.05, 0.1) is 18.0 Å². The lowest BCUT2D eigenvalue weighted by atomic mass is 10.0. The van der Waals surface area contributed by atoms with Crippen molar-refractivity contribution in [2.24, 2.45) is 0 Å². The topological polar surface area (TPSA) is 66.8 Å². The summed E-state index contributed by atoms with van der Waals surface area (Å²) >= 11 is 0. The molecule has 1 aliphatic heterocycles. The van der Waals surface area contributed by atoms with Crippen LogP contribution in [0.2, 0.25) is 0 Å². The zero-order valence-corrected chi connectivity index (χ0v) is 14.9. The summed E-state index contributed by atoms with van der Waals surface area (Å²) < 4.78 is 32.3. The molecule has 2 aromatic carbocycles. The number of ether oxygens (including phenoxy) is 1. The number of benzene rings is 2. The van der Waals surface area contributed by atoms with Crippen molar-refractivity contribution >= 4 is 15.7 Å². The summed E-state index contributed by atoms with van der Waals surface area (Å²) in [4.78, 5) is 0. The molecule has 5 nitrogen and oxygen atoms in total.